The van der Waals surface area contributed by atoms with E-state index in [9.17, 15) is 4.79 Å². The van der Waals surface area contributed by atoms with Gasteiger partial charge >= 0.3 is 0 Å². The zero-order chi connectivity index (χ0) is 13.0. The molecule has 1 nitrogen and oxygen atoms in total. The Kier molecular flexibility index (Phi) is 4.57. The van der Waals surface area contributed by atoms with Crippen molar-refractivity contribution in [2.45, 2.75) is 64.7 Å². The van der Waals surface area contributed by atoms with Crippen LogP contribution in [0.1, 0.15) is 68.6 Å². The Morgan fingerprint density at radius 3 is 2.61 bits per heavy atom. The molecule has 0 radical (unpaired) electrons. The maximum absolute atomic E-state index is 11.1. The van der Waals surface area contributed by atoms with E-state index in [1.54, 1.807) is 18.1 Å². The van der Waals surface area contributed by atoms with Gasteiger partial charge in [-0.05, 0) is 68.1 Å². The van der Waals surface area contributed by atoms with Gasteiger partial charge < -0.3 is 4.79 Å². The van der Waals surface area contributed by atoms with E-state index in [-0.39, 0.29) is 0 Å². The third kappa shape index (κ3) is 3.22. The monoisotopic (exact) mass is 244 g/mol. The van der Waals surface area contributed by atoms with Crippen molar-refractivity contribution >= 4 is 5.78 Å². The average Bonchev–Trinajstić information content (AvgIpc) is 2.39. The lowest BCUT2D eigenvalue weighted by molar-refractivity contribution is -0.117. The number of carbonyl (C=O) groups is 1. The van der Waals surface area contributed by atoms with Crippen LogP contribution in [0.4, 0.5) is 0 Å². The van der Waals surface area contributed by atoms with E-state index in [0.29, 0.717) is 11.7 Å². The summed E-state index contributed by atoms with van der Waals surface area (Å²) in [5.41, 5.74) is 4.55. The molecule has 0 N–H and O–H groups in total. The Labute approximate surface area is 111 Å². The predicted molar refractivity (Wildman–Crippen MR) is 76.0 cm³/mol. The standard InChI is InChI=1S/C17H24O/c1-3-14(9-8-13(2)18)17-11-10-15-6-4-5-7-16(15)12-17/h10-12,14H,3-9H2,1-2H3. The molecule has 0 aromatic heterocycles. The van der Waals surface area contributed by atoms with Crippen LogP contribution >= 0.6 is 0 Å². The van der Waals surface area contributed by atoms with Crippen LogP contribution in [0.2, 0.25) is 0 Å². The molecule has 0 aliphatic heterocycles. The Bertz CT molecular complexity index is 420. The lowest BCUT2D eigenvalue weighted by Gasteiger charge is -2.20. The van der Waals surface area contributed by atoms with Crippen molar-refractivity contribution in [3.8, 4) is 0 Å². The Morgan fingerprint density at radius 2 is 1.94 bits per heavy atom. The number of hydrogen-bond acceptors (Lipinski definition) is 1. The topological polar surface area (TPSA) is 17.1 Å². The molecule has 1 atom stereocenters. The summed E-state index contributed by atoms with van der Waals surface area (Å²) in [4.78, 5) is 11.1. The molecule has 0 saturated heterocycles. The smallest absolute Gasteiger partial charge is 0.129 e. The molecule has 0 saturated carbocycles. The van der Waals surface area contributed by atoms with Crippen LogP contribution in [-0.2, 0) is 17.6 Å². The van der Waals surface area contributed by atoms with Gasteiger partial charge in [0.15, 0.2) is 0 Å². The van der Waals surface area contributed by atoms with Crippen molar-refractivity contribution in [2.75, 3.05) is 0 Å². The second kappa shape index (κ2) is 6.17. The van der Waals surface area contributed by atoms with Gasteiger partial charge in [0.2, 0.25) is 0 Å². The molecule has 0 amide bonds. The number of rotatable bonds is 5. The van der Waals surface area contributed by atoms with Gasteiger partial charge in [0.05, 0.1) is 0 Å². The highest BCUT2D eigenvalue weighted by atomic mass is 16.1. The van der Waals surface area contributed by atoms with Gasteiger partial charge in [0.1, 0.15) is 5.78 Å². The fraction of sp³-hybridized carbons (Fsp3) is 0.588. The number of ketones is 1. The first kappa shape index (κ1) is 13.3. The fourth-order valence-electron chi connectivity index (χ4n) is 2.99. The first-order valence-electron chi connectivity index (χ1n) is 7.32. The van der Waals surface area contributed by atoms with Crippen molar-refractivity contribution in [2.24, 2.45) is 0 Å². The van der Waals surface area contributed by atoms with E-state index in [1.807, 2.05) is 0 Å². The summed E-state index contributed by atoms with van der Waals surface area (Å²) in [6, 6.07) is 7.02. The lowest BCUT2D eigenvalue weighted by Crippen LogP contribution is -2.06. The molecular weight excluding hydrogens is 220 g/mol. The number of hydrogen-bond donors (Lipinski definition) is 0. The maximum Gasteiger partial charge on any atom is 0.129 e. The average molecular weight is 244 g/mol. The Hall–Kier alpha value is -1.11. The lowest BCUT2D eigenvalue weighted by atomic mass is 9.85. The van der Waals surface area contributed by atoms with Gasteiger partial charge in [0.25, 0.3) is 0 Å². The molecule has 0 fully saturated rings. The molecule has 0 heterocycles. The summed E-state index contributed by atoms with van der Waals surface area (Å²) in [7, 11) is 0. The normalized spacial score (nSPS) is 16.1. The number of Topliss-reactive ketones (excluding diaryl/α,β-unsaturated/α-hetero) is 1. The molecule has 0 spiro atoms. The van der Waals surface area contributed by atoms with Crippen LogP contribution < -0.4 is 0 Å². The van der Waals surface area contributed by atoms with E-state index in [2.05, 4.69) is 25.1 Å². The minimum absolute atomic E-state index is 0.311. The van der Waals surface area contributed by atoms with Gasteiger partial charge in [-0.15, -0.1) is 0 Å². The van der Waals surface area contributed by atoms with Gasteiger partial charge in [-0.2, -0.15) is 0 Å². The minimum atomic E-state index is 0.311. The van der Waals surface area contributed by atoms with Crippen LogP contribution in [0, 0.1) is 0 Å². The van der Waals surface area contributed by atoms with E-state index in [1.165, 1.54) is 31.2 Å². The highest BCUT2D eigenvalue weighted by Gasteiger charge is 2.14. The second-order valence-electron chi connectivity index (χ2n) is 5.58. The van der Waals surface area contributed by atoms with Gasteiger partial charge in [-0.1, -0.05) is 25.1 Å². The zero-order valence-corrected chi connectivity index (χ0v) is 11.7. The molecule has 98 valence electrons. The summed E-state index contributed by atoms with van der Waals surface area (Å²) in [6.45, 7) is 3.92. The molecule has 18 heavy (non-hydrogen) atoms. The molecule has 1 heteroatoms. The van der Waals surface area contributed by atoms with Gasteiger partial charge in [0, 0.05) is 6.42 Å². The van der Waals surface area contributed by atoms with Crippen molar-refractivity contribution in [1.82, 2.24) is 0 Å². The van der Waals surface area contributed by atoms with Crippen LogP contribution in [0.25, 0.3) is 0 Å². The quantitative estimate of drug-likeness (QED) is 0.749. The largest absolute Gasteiger partial charge is 0.300 e. The van der Waals surface area contributed by atoms with Crippen molar-refractivity contribution < 1.29 is 4.79 Å². The summed E-state index contributed by atoms with van der Waals surface area (Å²) < 4.78 is 0. The summed E-state index contributed by atoms with van der Waals surface area (Å²) in [5, 5.41) is 0. The predicted octanol–water partition coefficient (Wildman–Crippen LogP) is 4.43. The molecule has 2 rings (SSSR count). The molecular formula is C17H24O. The molecule has 1 aliphatic rings. The van der Waals surface area contributed by atoms with E-state index in [4.69, 9.17) is 0 Å². The number of aryl methyl sites for hydroxylation is 2. The van der Waals surface area contributed by atoms with E-state index in [0.717, 1.165) is 19.3 Å². The fourth-order valence-corrected chi connectivity index (χ4v) is 2.99. The molecule has 0 bridgehead atoms. The van der Waals surface area contributed by atoms with Crippen LogP contribution in [0.3, 0.4) is 0 Å². The Morgan fingerprint density at radius 1 is 1.22 bits per heavy atom. The second-order valence-corrected chi connectivity index (χ2v) is 5.58. The van der Waals surface area contributed by atoms with Crippen LogP contribution in [0.15, 0.2) is 18.2 Å². The molecule has 1 aromatic carbocycles. The minimum Gasteiger partial charge on any atom is -0.300 e. The van der Waals surface area contributed by atoms with Crippen molar-refractivity contribution in [3.63, 3.8) is 0 Å². The van der Waals surface area contributed by atoms with E-state index >= 15 is 0 Å². The number of carbonyl (C=O) groups excluding carboxylic acids is 1. The summed E-state index contributed by atoms with van der Waals surface area (Å²) in [6.07, 6.45) is 8.02. The number of benzene rings is 1. The highest BCUT2D eigenvalue weighted by Crippen LogP contribution is 2.29. The number of fused-ring (bicyclic) bond motifs is 1. The van der Waals surface area contributed by atoms with Crippen LogP contribution in [0.5, 0.6) is 0 Å². The SMILES string of the molecule is CCC(CCC(C)=O)c1ccc2c(c1)CCCC2. The molecule has 1 unspecified atom stereocenters. The van der Waals surface area contributed by atoms with E-state index < -0.39 is 0 Å². The zero-order valence-electron chi connectivity index (χ0n) is 11.7. The highest BCUT2D eigenvalue weighted by molar-refractivity contribution is 5.75. The Balaban J connectivity index is 2.12. The van der Waals surface area contributed by atoms with Crippen molar-refractivity contribution in [1.29, 1.82) is 0 Å². The molecule has 1 aromatic rings. The third-order valence-electron chi connectivity index (χ3n) is 4.18. The first-order valence-corrected chi connectivity index (χ1v) is 7.32. The maximum atomic E-state index is 11.1. The van der Waals surface area contributed by atoms with Gasteiger partial charge in [-0.25, -0.2) is 0 Å². The first-order chi connectivity index (χ1) is 8.70. The summed E-state index contributed by atoms with van der Waals surface area (Å²) in [5.74, 6) is 0.868. The summed E-state index contributed by atoms with van der Waals surface area (Å²) >= 11 is 0. The third-order valence-corrected chi connectivity index (χ3v) is 4.18. The molecule has 1 aliphatic carbocycles. The van der Waals surface area contributed by atoms with Gasteiger partial charge in [-0.3, -0.25) is 0 Å². The van der Waals surface area contributed by atoms with Crippen LogP contribution in [-0.4, -0.2) is 5.78 Å². The van der Waals surface area contributed by atoms with Crippen molar-refractivity contribution in [3.05, 3.63) is 34.9 Å².